The minimum Gasteiger partial charge on any atom is -0.497 e. The molecule has 1 atom stereocenters. The molecule has 23 heavy (non-hydrogen) atoms. The fourth-order valence-corrected chi connectivity index (χ4v) is 2.08. The van der Waals surface area contributed by atoms with E-state index in [1.165, 1.54) is 0 Å². The first-order chi connectivity index (χ1) is 11.0. The molecule has 0 heterocycles. The van der Waals surface area contributed by atoms with Crippen LogP contribution in [0.25, 0.3) is 0 Å². The number of anilines is 1. The molecule has 0 spiro atoms. The van der Waals surface area contributed by atoms with Crippen molar-refractivity contribution in [1.29, 1.82) is 0 Å². The van der Waals surface area contributed by atoms with E-state index < -0.39 is 13.2 Å². The first-order valence-electron chi connectivity index (χ1n) is 7.15. The van der Waals surface area contributed by atoms with Crippen molar-refractivity contribution in [3.05, 3.63) is 54.1 Å². The van der Waals surface area contributed by atoms with Crippen LogP contribution in [0.15, 0.2) is 48.5 Å². The maximum atomic E-state index is 12.1. The molecule has 2 aromatic carbocycles. The molecule has 0 aliphatic carbocycles. The van der Waals surface area contributed by atoms with Gasteiger partial charge in [-0.2, -0.15) is 0 Å². The highest BCUT2D eigenvalue weighted by Crippen LogP contribution is 2.15. The van der Waals surface area contributed by atoms with Gasteiger partial charge >= 0.3 is 7.12 Å². The molecule has 2 aromatic rings. The van der Waals surface area contributed by atoms with Gasteiger partial charge in [0.1, 0.15) is 5.75 Å². The molecule has 0 aromatic heterocycles. The highest BCUT2D eigenvalue weighted by Gasteiger charge is 2.15. The van der Waals surface area contributed by atoms with Crippen molar-refractivity contribution in [3.8, 4) is 5.75 Å². The largest absolute Gasteiger partial charge is 0.497 e. The van der Waals surface area contributed by atoms with Crippen LogP contribution in [0.4, 0.5) is 5.69 Å². The number of carbonyl (C=O) groups is 1. The zero-order valence-corrected chi connectivity index (χ0v) is 12.8. The van der Waals surface area contributed by atoms with Crippen molar-refractivity contribution < 1.29 is 19.6 Å². The van der Waals surface area contributed by atoms with Crippen LogP contribution in [-0.2, 0) is 11.2 Å². The second-order valence-corrected chi connectivity index (χ2v) is 5.14. The number of hydrogen-bond acceptors (Lipinski definition) is 5. The lowest BCUT2D eigenvalue weighted by molar-refractivity contribution is -0.117. The number of methoxy groups -OCH3 is 1. The fraction of sp³-hybridized carbons (Fsp3) is 0.188. The van der Waals surface area contributed by atoms with Crippen LogP contribution in [0, 0.1) is 0 Å². The van der Waals surface area contributed by atoms with Gasteiger partial charge in [0.2, 0.25) is 5.91 Å². The summed E-state index contributed by atoms with van der Waals surface area (Å²) < 4.78 is 5.05. The van der Waals surface area contributed by atoms with Gasteiger partial charge in [-0.1, -0.05) is 24.3 Å². The SMILES string of the molecule is COc1ccc(NC(=O)[C@@H](N)Cc2ccc(B(O)O)cc2)cc1. The highest BCUT2D eigenvalue weighted by molar-refractivity contribution is 6.58. The van der Waals surface area contributed by atoms with E-state index in [0.29, 0.717) is 23.3 Å². The molecule has 0 aliphatic rings. The summed E-state index contributed by atoms with van der Waals surface area (Å²) in [7, 11) is 0.0704. The highest BCUT2D eigenvalue weighted by atomic mass is 16.5. The molecule has 0 radical (unpaired) electrons. The summed E-state index contributed by atoms with van der Waals surface area (Å²) in [5.41, 5.74) is 7.79. The average molecular weight is 314 g/mol. The van der Waals surface area contributed by atoms with Crippen molar-refractivity contribution in [3.63, 3.8) is 0 Å². The molecular weight excluding hydrogens is 295 g/mol. The van der Waals surface area contributed by atoms with Gasteiger partial charge in [-0.25, -0.2) is 0 Å². The molecule has 0 saturated heterocycles. The third-order valence-electron chi connectivity index (χ3n) is 3.43. The Hall–Kier alpha value is -2.35. The lowest BCUT2D eigenvalue weighted by Crippen LogP contribution is -2.37. The summed E-state index contributed by atoms with van der Waals surface area (Å²) in [5, 5.41) is 20.8. The van der Waals surface area contributed by atoms with E-state index in [1.807, 2.05) is 0 Å². The van der Waals surface area contributed by atoms with E-state index in [4.69, 9.17) is 20.5 Å². The van der Waals surface area contributed by atoms with Crippen molar-refractivity contribution in [2.75, 3.05) is 12.4 Å². The molecule has 0 aliphatic heterocycles. The summed E-state index contributed by atoms with van der Waals surface area (Å²) in [6, 6.07) is 12.9. The second kappa shape index (κ2) is 7.78. The van der Waals surface area contributed by atoms with Crippen LogP contribution in [0.3, 0.4) is 0 Å². The Morgan fingerprint density at radius 3 is 2.30 bits per heavy atom. The number of nitrogens with one attached hydrogen (secondary N) is 1. The Kier molecular flexibility index (Phi) is 5.75. The minimum absolute atomic E-state index is 0.290. The molecule has 6 nitrogen and oxygen atoms in total. The average Bonchev–Trinajstić information content (AvgIpc) is 2.56. The predicted octanol–water partition coefficient (Wildman–Crippen LogP) is -0.116. The van der Waals surface area contributed by atoms with Crippen LogP contribution in [0.2, 0.25) is 0 Å². The summed E-state index contributed by atoms with van der Waals surface area (Å²) in [6.07, 6.45) is 0.351. The predicted molar refractivity (Wildman–Crippen MR) is 89.6 cm³/mol. The number of rotatable bonds is 6. The first kappa shape index (κ1) is 17.0. The van der Waals surface area contributed by atoms with Crippen molar-refractivity contribution in [1.82, 2.24) is 0 Å². The molecule has 0 bridgehead atoms. The topological polar surface area (TPSA) is 105 Å². The first-order valence-corrected chi connectivity index (χ1v) is 7.15. The van der Waals surface area contributed by atoms with Gasteiger partial charge < -0.3 is 25.8 Å². The van der Waals surface area contributed by atoms with Gasteiger partial charge in [0.25, 0.3) is 0 Å². The Bertz CT molecular complexity index is 644. The molecule has 7 heteroatoms. The Labute approximate surface area is 135 Å². The zero-order chi connectivity index (χ0) is 16.8. The second-order valence-electron chi connectivity index (χ2n) is 5.14. The number of carbonyl (C=O) groups excluding carboxylic acids is 1. The van der Waals surface area contributed by atoms with Crippen LogP contribution < -0.4 is 21.3 Å². The van der Waals surface area contributed by atoms with E-state index in [2.05, 4.69) is 5.32 Å². The molecule has 120 valence electrons. The van der Waals surface area contributed by atoms with Gasteiger partial charge in [0, 0.05) is 5.69 Å². The maximum absolute atomic E-state index is 12.1. The third kappa shape index (κ3) is 4.82. The van der Waals surface area contributed by atoms with Crippen molar-refractivity contribution in [2.24, 2.45) is 5.73 Å². The van der Waals surface area contributed by atoms with E-state index >= 15 is 0 Å². The summed E-state index contributed by atoms with van der Waals surface area (Å²) in [6.45, 7) is 0. The monoisotopic (exact) mass is 314 g/mol. The number of amides is 1. The number of benzene rings is 2. The normalized spacial score (nSPS) is 11.7. The van der Waals surface area contributed by atoms with Crippen LogP contribution in [0.1, 0.15) is 5.56 Å². The molecule has 2 rings (SSSR count). The third-order valence-corrected chi connectivity index (χ3v) is 3.43. The molecule has 5 N–H and O–H groups in total. The molecule has 1 amide bonds. The standard InChI is InChI=1S/C16H19BN2O4/c1-23-14-8-6-13(7-9-14)19-16(20)15(18)10-11-2-4-12(5-3-11)17(21)22/h2-9,15,21-22H,10,18H2,1H3,(H,19,20)/t15-/m0/s1. The van der Waals surface area contributed by atoms with Crippen LogP contribution in [-0.4, -0.2) is 36.2 Å². The van der Waals surface area contributed by atoms with E-state index in [0.717, 1.165) is 5.56 Å². The summed E-state index contributed by atoms with van der Waals surface area (Å²) in [5.74, 6) is 0.417. The molecular formula is C16H19BN2O4. The molecule has 0 fully saturated rings. The van der Waals surface area contributed by atoms with Gasteiger partial charge in [0.05, 0.1) is 13.2 Å². The van der Waals surface area contributed by atoms with E-state index in [9.17, 15) is 4.79 Å². The smallest absolute Gasteiger partial charge is 0.488 e. The number of ether oxygens (including phenoxy) is 1. The van der Waals surface area contributed by atoms with E-state index in [-0.39, 0.29) is 5.91 Å². The fourth-order valence-electron chi connectivity index (χ4n) is 2.08. The van der Waals surface area contributed by atoms with Crippen molar-refractivity contribution >= 4 is 24.2 Å². The number of nitrogens with two attached hydrogens (primary N) is 1. The quantitative estimate of drug-likeness (QED) is 0.557. The van der Waals surface area contributed by atoms with Gasteiger partial charge in [-0.05, 0) is 41.7 Å². The lowest BCUT2D eigenvalue weighted by Gasteiger charge is -2.13. The van der Waals surface area contributed by atoms with Gasteiger partial charge in [0.15, 0.2) is 0 Å². The zero-order valence-electron chi connectivity index (χ0n) is 12.8. The summed E-state index contributed by atoms with van der Waals surface area (Å²) in [4.78, 5) is 12.1. The summed E-state index contributed by atoms with van der Waals surface area (Å²) >= 11 is 0. The minimum atomic E-state index is -1.50. The van der Waals surface area contributed by atoms with Crippen LogP contribution >= 0.6 is 0 Å². The van der Waals surface area contributed by atoms with Gasteiger partial charge in [-0.15, -0.1) is 0 Å². The molecule has 0 saturated carbocycles. The molecule has 0 unspecified atom stereocenters. The maximum Gasteiger partial charge on any atom is 0.488 e. The Morgan fingerprint density at radius 2 is 1.78 bits per heavy atom. The van der Waals surface area contributed by atoms with Gasteiger partial charge in [-0.3, -0.25) is 4.79 Å². The lowest BCUT2D eigenvalue weighted by atomic mass is 9.80. The van der Waals surface area contributed by atoms with E-state index in [1.54, 1.807) is 55.6 Å². The van der Waals surface area contributed by atoms with Crippen LogP contribution in [0.5, 0.6) is 5.75 Å². The number of hydrogen-bond donors (Lipinski definition) is 4. The Balaban J connectivity index is 1.93. The Morgan fingerprint density at radius 1 is 1.17 bits per heavy atom. The van der Waals surface area contributed by atoms with Crippen molar-refractivity contribution in [2.45, 2.75) is 12.5 Å².